The van der Waals surface area contributed by atoms with Gasteiger partial charge in [-0.05, 0) is 32.0 Å². The molecule has 1 aromatic heterocycles. The lowest BCUT2D eigenvalue weighted by Crippen LogP contribution is -2.50. The molecule has 0 atom stereocenters. The summed E-state index contributed by atoms with van der Waals surface area (Å²) in [5.41, 5.74) is -0.309. The van der Waals surface area contributed by atoms with E-state index >= 15 is 0 Å². The van der Waals surface area contributed by atoms with E-state index in [-0.39, 0.29) is 12.3 Å². The molecule has 22 heavy (non-hydrogen) atoms. The molecule has 5 nitrogen and oxygen atoms in total. The minimum absolute atomic E-state index is 0.201. The number of halogens is 1. The number of carboxylic acids is 1. The van der Waals surface area contributed by atoms with Gasteiger partial charge < -0.3 is 10.0 Å². The Kier molecular flexibility index (Phi) is 4.87. The predicted octanol–water partition coefficient (Wildman–Crippen LogP) is 3.31. The molecule has 1 N–H and O–H groups in total. The number of hydrogen-bond donors (Lipinski definition) is 1. The molecule has 0 bridgehead atoms. The number of rotatable bonds is 5. The number of nitrogens with zero attached hydrogens (tertiary/aromatic N) is 2. The van der Waals surface area contributed by atoms with Crippen LogP contribution in [0.5, 0.6) is 0 Å². The van der Waals surface area contributed by atoms with Crippen LogP contribution < -0.4 is 0 Å². The van der Waals surface area contributed by atoms with Crippen LogP contribution in [0.4, 0.5) is 0 Å². The van der Waals surface area contributed by atoms with Gasteiger partial charge in [0.25, 0.3) is 0 Å². The van der Waals surface area contributed by atoms with Crippen molar-refractivity contribution in [3.8, 4) is 0 Å². The second-order valence-corrected chi connectivity index (χ2v) is 7.57. The summed E-state index contributed by atoms with van der Waals surface area (Å²) in [4.78, 5) is 29.1. The van der Waals surface area contributed by atoms with E-state index in [9.17, 15) is 9.59 Å². The number of carbonyl (C=O) groups excluding carboxylic acids is 1. The Morgan fingerprint density at radius 2 is 2.09 bits per heavy atom. The number of benzene rings is 1. The Morgan fingerprint density at radius 1 is 1.41 bits per heavy atom. The fourth-order valence-electron chi connectivity index (χ4n) is 1.89. The molecule has 0 aliphatic carbocycles. The van der Waals surface area contributed by atoms with Gasteiger partial charge in [0, 0.05) is 24.4 Å². The van der Waals surface area contributed by atoms with Crippen LogP contribution >= 0.6 is 27.3 Å². The van der Waals surface area contributed by atoms with Gasteiger partial charge in [-0.1, -0.05) is 15.9 Å². The summed E-state index contributed by atoms with van der Waals surface area (Å²) in [6, 6.07) is 5.89. The minimum atomic E-state index is -1.21. The maximum absolute atomic E-state index is 12.2. The normalized spacial score (nSPS) is 11.6. The third-order valence-electron chi connectivity index (χ3n) is 3.68. The van der Waals surface area contributed by atoms with Gasteiger partial charge in [-0.3, -0.25) is 4.79 Å². The fraction of sp³-hybridized carbons (Fsp3) is 0.400. The highest BCUT2D eigenvalue weighted by molar-refractivity contribution is 9.10. The molecule has 7 heteroatoms. The number of likely N-dealkylation sites (N-methyl/N-ethyl adjacent to an activating group) is 1. The summed E-state index contributed by atoms with van der Waals surface area (Å²) in [6.45, 7) is 3.03. The molecule has 0 aliphatic rings. The van der Waals surface area contributed by atoms with Crippen molar-refractivity contribution in [2.75, 3.05) is 7.05 Å². The molecule has 0 unspecified atom stereocenters. The molecule has 0 saturated heterocycles. The van der Waals surface area contributed by atoms with Gasteiger partial charge in [0.15, 0.2) is 0 Å². The number of fused-ring (bicyclic) bond motifs is 1. The Bertz CT molecular complexity index is 727. The number of carboxylic acid groups (broad SMARTS) is 1. The summed E-state index contributed by atoms with van der Waals surface area (Å²) < 4.78 is 2.04. The summed E-state index contributed by atoms with van der Waals surface area (Å²) in [5.74, 6) is -1.22. The van der Waals surface area contributed by atoms with Crippen molar-refractivity contribution >= 4 is 49.4 Å². The quantitative estimate of drug-likeness (QED) is 0.857. The number of hydrogen-bond acceptors (Lipinski definition) is 4. The average molecular weight is 385 g/mol. The highest BCUT2D eigenvalue weighted by Crippen LogP contribution is 2.26. The fourth-order valence-corrected chi connectivity index (χ4v) is 3.19. The molecule has 2 aromatic rings. The standard InChI is InChI=1S/C15H17BrN2O3S/c1-15(2,14(20)21)18(3)13(19)7-6-12-17-10-8-9(16)4-5-11(10)22-12/h4-5,8H,6-7H2,1-3H3,(H,20,21). The Labute approximate surface area is 141 Å². The zero-order valence-corrected chi connectivity index (χ0v) is 15.0. The van der Waals surface area contributed by atoms with Crippen LogP contribution in [0.3, 0.4) is 0 Å². The van der Waals surface area contributed by atoms with Crippen molar-refractivity contribution < 1.29 is 14.7 Å². The van der Waals surface area contributed by atoms with Crippen molar-refractivity contribution in [1.29, 1.82) is 0 Å². The van der Waals surface area contributed by atoms with Crippen molar-refractivity contribution in [2.24, 2.45) is 0 Å². The Balaban J connectivity index is 2.05. The van der Waals surface area contributed by atoms with Crippen LogP contribution in [-0.4, -0.2) is 39.5 Å². The second kappa shape index (κ2) is 6.34. The molecule has 1 amide bonds. The van der Waals surface area contributed by atoms with Crippen molar-refractivity contribution in [2.45, 2.75) is 32.2 Å². The van der Waals surface area contributed by atoms with E-state index in [1.807, 2.05) is 18.2 Å². The lowest BCUT2D eigenvalue weighted by Gasteiger charge is -2.31. The summed E-state index contributed by atoms with van der Waals surface area (Å²) in [7, 11) is 1.52. The van der Waals surface area contributed by atoms with E-state index in [1.54, 1.807) is 11.3 Å². The lowest BCUT2D eigenvalue weighted by molar-refractivity contribution is -0.155. The van der Waals surface area contributed by atoms with E-state index in [0.717, 1.165) is 19.7 Å². The van der Waals surface area contributed by atoms with Gasteiger partial charge in [0.1, 0.15) is 5.54 Å². The molecule has 0 aliphatic heterocycles. The van der Waals surface area contributed by atoms with Crippen LogP contribution in [-0.2, 0) is 16.0 Å². The lowest BCUT2D eigenvalue weighted by atomic mass is 10.0. The molecular weight excluding hydrogens is 368 g/mol. The van der Waals surface area contributed by atoms with Crippen LogP contribution in [0.15, 0.2) is 22.7 Å². The SMILES string of the molecule is CN(C(=O)CCc1nc2cc(Br)ccc2s1)C(C)(C)C(=O)O. The maximum atomic E-state index is 12.2. The molecule has 0 fully saturated rings. The first-order valence-corrected chi connectivity index (χ1v) is 8.38. The average Bonchev–Trinajstić information content (AvgIpc) is 2.85. The molecule has 0 saturated carbocycles. The van der Waals surface area contributed by atoms with Gasteiger partial charge in [-0.15, -0.1) is 11.3 Å². The van der Waals surface area contributed by atoms with Gasteiger partial charge in [0.2, 0.25) is 5.91 Å². The molecule has 2 rings (SSSR count). The van der Waals surface area contributed by atoms with Crippen LogP contribution in [0.1, 0.15) is 25.3 Å². The topological polar surface area (TPSA) is 70.5 Å². The van der Waals surface area contributed by atoms with Crippen LogP contribution in [0.2, 0.25) is 0 Å². The van der Waals surface area contributed by atoms with Crippen molar-refractivity contribution in [3.05, 3.63) is 27.7 Å². The molecule has 0 spiro atoms. The summed E-state index contributed by atoms with van der Waals surface area (Å²) in [6.07, 6.45) is 0.754. The number of thiazole rings is 1. The Hall–Kier alpha value is -1.47. The van der Waals surface area contributed by atoms with Gasteiger partial charge in [-0.2, -0.15) is 0 Å². The second-order valence-electron chi connectivity index (χ2n) is 5.54. The number of amides is 1. The predicted molar refractivity (Wildman–Crippen MR) is 90.1 cm³/mol. The number of aryl methyl sites for hydroxylation is 1. The third kappa shape index (κ3) is 3.47. The summed E-state index contributed by atoms with van der Waals surface area (Å²) >= 11 is 4.96. The van der Waals surface area contributed by atoms with Gasteiger partial charge in [-0.25, -0.2) is 9.78 Å². The van der Waals surface area contributed by atoms with E-state index in [0.29, 0.717) is 6.42 Å². The first-order valence-electron chi connectivity index (χ1n) is 6.77. The van der Waals surface area contributed by atoms with Crippen LogP contribution in [0, 0.1) is 0 Å². The zero-order chi connectivity index (χ0) is 16.5. The highest BCUT2D eigenvalue weighted by atomic mass is 79.9. The first kappa shape index (κ1) is 16.9. The number of aliphatic carboxylic acids is 1. The number of carbonyl (C=O) groups is 2. The van der Waals surface area contributed by atoms with Crippen LogP contribution in [0.25, 0.3) is 10.2 Å². The highest BCUT2D eigenvalue weighted by Gasteiger charge is 2.34. The number of aromatic nitrogens is 1. The van der Waals surface area contributed by atoms with E-state index in [2.05, 4.69) is 20.9 Å². The molecule has 1 aromatic carbocycles. The molecule has 0 radical (unpaired) electrons. The van der Waals surface area contributed by atoms with Gasteiger partial charge >= 0.3 is 5.97 Å². The smallest absolute Gasteiger partial charge is 0.329 e. The van der Waals surface area contributed by atoms with E-state index in [1.165, 1.54) is 25.8 Å². The minimum Gasteiger partial charge on any atom is -0.480 e. The van der Waals surface area contributed by atoms with E-state index < -0.39 is 11.5 Å². The van der Waals surface area contributed by atoms with Gasteiger partial charge in [0.05, 0.1) is 15.2 Å². The Morgan fingerprint density at radius 3 is 2.73 bits per heavy atom. The zero-order valence-electron chi connectivity index (χ0n) is 12.6. The van der Waals surface area contributed by atoms with Crippen molar-refractivity contribution in [3.63, 3.8) is 0 Å². The molecule has 118 valence electrons. The van der Waals surface area contributed by atoms with Crippen molar-refractivity contribution in [1.82, 2.24) is 9.88 Å². The molecule has 1 heterocycles. The monoisotopic (exact) mass is 384 g/mol. The molecular formula is C15H17BrN2O3S. The first-order chi connectivity index (χ1) is 10.2. The summed E-state index contributed by atoms with van der Waals surface area (Å²) in [5, 5.41) is 10.0. The largest absolute Gasteiger partial charge is 0.480 e. The van der Waals surface area contributed by atoms with E-state index in [4.69, 9.17) is 5.11 Å². The third-order valence-corrected chi connectivity index (χ3v) is 5.27. The maximum Gasteiger partial charge on any atom is 0.329 e.